The summed E-state index contributed by atoms with van der Waals surface area (Å²) in [6.07, 6.45) is 5.77. The molecular weight excluding hydrogens is 418 g/mol. The molecule has 0 bridgehead atoms. The van der Waals surface area contributed by atoms with Crippen molar-refractivity contribution in [1.29, 1.82) is 0 Å². The number of aromatic nitrogens is 3. The van der Waals surface area contributed by atoms with Gasteiger partial charge in [0.2, 0.25) is 5.91 Å². The highest BCUT2D eigenvalue weighted by Gasteiger charge is 2.34. The van der Waals surface area contributed by atoms with E-state index >= 15 is 0 Å². The Morgan fingerprint density at radius 2 is 2.12 bits per heavy atom. The van der Waals surface area contributed by atoms with Crippen LogP contribution in [0.1, 0.15) is 39.7 Å². The Hall–Kier alpha value is -3.94. The number of fused-ring (bicyclic) bond motifs is 2. The molecule has 1 aromatic carbocycles. The largest absolute Gasteiger partial charge is 0.459 e. The highest BCUT2D eigenvalue weighted by molar-refractivity contribution is 5.93. The van der Waals surface area contributed by atoms with Crippen LogP contribution in [0.5, 0.6) is 0 Å². The van der Waals surface area contributed by atoms with Gasteiger partial charge in [0.15, 0.2) is 5.76 Å². The molecule has 0 radical (unpaired) electrons. The fourth-order valence-corrected chi connectivity index (χ4v) is 4.32. The van der Waals surface area contributed by atoms with Gasteiger partial charge in [-0.1, -0.05) is 18.2 Å². The Morgan fingerprint density at radius 1 is 1.21 bits per heavy atom. The maximum absolute atomic E-state index is 13.1. The topological polar surface area (TPSA) is 93.3 Å². The number of benzene rings is 1. The molecule has 1 N–H and O–H groups in total. The van der Waals surface area contributed by atoms with Crippen LogP contribution in [0.4, 0.5) is 0 Å². The lowest BCUT2D eigenvalue weighted by Crippen LogP contribution is -2.44. The molecule has 1 atom stereocenters. The fraction of sp³-hybridized carbons (Fsp3) is 0.280. The van der Waals surface area contributed by atoms with Crippen molar-refractivity contribution < 1.29 is 14.0 Å². The molecule has 4 heterocycles. The third-order valence-corrected chi connectivity index (χ3v) is 6.00. The van der Waals surface area contributed by atoms with E-state index in [9.17, 15) is 9.59 Å². The molecule has 8 nitrogen and oxygen atoms in total. The Balaban J connectivity index is 1.24. The van der Waals surface area contributed by atoms with Gasteiger partial charge in [0.1, 0.15) is 0 Å². The van der Waals surface area contributed by atoms with Crippen LogP contribution in [0.2, 0.25) is 0 Å². The van der Waals surface area contributed by atoms with Crippen LogP contribution in [0, 0.1) is 6.92 Å². The van der Waals surface area contributed by atoms with E-state index < -0.39 is 5.92 Å². The second-order valence-corrected chi connectivity index (χ2v) is 8.34. The molecular formula is C25H25N5O3. The van der Waals surface area contributed by atoms with Crippen molar-refractivity contribution >= 4 is 22.7 Å². The predicted molar refractivity (Wildman–Crippen MR) is 123 cm³/mol. The standard InChI is InChI=1S/C25H25N5O3/c1-17-7-8-18-14-28-30(21(18)13-17)11-4-10-27-24(31)20-16-29(25(32)22-6-3-12-33-22)15-19-5-2-9-26-23(19)20/h2-3,5-9,12-14,20H,4,10-11,15-16H2,1H3,(H,27,31). The van der Waals surface area contributed by atoms with E-state index in [4.69, 9.17) is 4.42 Å². The van der Waals surface area contributed by atoms with Crippen molar-refractivity contribution in [2.24, 2.45) is 0 Å². The van der Waals surface area contributed by atoms with Crippen LogP contribution >= 0.6 is 0 Å². The summed E-state index contributed by atoms with van der Waals surface area (Å²) in [5.41, 5.74) is 3.89. The van der Waals surface area contributed by atoms with Crippen molar-refractivity contribution in [2.75, 3.05) is 13.1 Å². The Morgan fingerprint density at radius 3 is 2.97 bits per heavy atom. The molecule has 0 spiro atoms. The summed E-state index contributed by atoms with van der Waals surface area (Å²) >= 11 is 0. The average molecular weight is 444 g/mol. The van der Waals surface area contributed by atoms with Crippen molar-refractivity contribution in [1.82, 2.24) is 25.0 Å². The maximum Gasteiger partial charge on any atom is 0.289 e. The molecule has 0 saturated heterocycles. The van der Waals surface area contributed by atoms with Crippen LogP contribution in [-0.2, 0) is 17.9 Å². The first-order valence-corrected chi connectivity index (χ1v) is 11.1. The van der Waals surface area contributed by atoms with Gasteiger partial charge in [0.05, 0.1) is 29.6 Å². The summed E-state index contributed by atoms with van der Waals surface area (Å²) in [6.45, 7) is 3.94. The van der Waals surface area contributed by atoms with Crippen molar-refractivity contribution in [3.63, 3.8) is 0 Å². The van der Waals surface area contributed by atoms with Crippen LogP contribution in [-0.4, -0.2) is 44.6 Å². The number of aryl methyl sites for hydroxylation is 2. The van der Waals surface area contributed by atoms with E-state index in [0.29, 0.717) is 19.6 Å². The van der Waals surface area contributed by atoms with E-state index in [1.807, 2.05) is 23.0 Å². The number of amides is 2. The van der Waals surface area contributed by atoms with E-state index in [2.05, 4.69) is 40.5 Å². The van der Waals surface area contributed by atoms with Crippen LogP contribution in [0.15, 0.2) is 65.5 Å². The summed E-state index contributed by atoms with van der Waals surface area (Å²) in [4.78, 5) is 32.0. The molecule has 1 aliphatic heterocycles. The SMILES string of the molecule is Cc1ccc2cnn(CCCNC(=O)C3CN(C(=O)c4ccco4)Cc4cccnc43)c2c1. The lowest BCUT2D eigenvalue weighted by atomic mass is 9.93. The van der Waals surface area contributed by atoms with Crippen LogP contribution < -0.4 is 5.32 Å². The highest BCUT2D eigenvalue weighted by atomic mass is 16.3. The lowest BCUT2D eigenvalue weighted by Gasteiger charge is -2.32. The molecule has 1 unspecified atom stereocenters. The number of furan rings is 1. The second-order valence-electron chi connectivity index (χ2n) is 8.34. The predicted octanol–water partition coefficient (Wildman–Crippen LogP) is 3.28. The molecule has 168 valence electrons. The number of hydrogen-bond donors (Lipinski definition) is 1. The molecule has 0 aliphatic carbocycles. The first kappa shape index (κ1) is 20.9. The minimum absolute atomic E-state index is 0.131. The van der Waals surface area contributed by atoms with Gasteiger partial charge < -0.3 is 14.6 Å². The fourth-order valence-electron chi connectivity index (χ4n) is 4.32. The van der Waals surface area contributed by atoms with Crippen LogP contribution in [0.3, 0.4) is 0 Å². The molecule has 3 aromatic heterocycles. The maximum atomic E-state index is 13.1. The Kier molecular flexibility index (Phi) is 5.64. The molecule has 4 aromatic rings. The Labute approximate surface area is 191 Å². The number of hydrogen-bond acceptors (Lipinski definition) is 5. The van der Waals surface area contributed by atoms with E-state index in [0.717, 1.165) is 28.6 Å². The zero-order chi connectivity index (χ0) is 22.8. The summed E-state index contributed by atoms with van der Waals surface area (Å²) < 4.78 is 7.24. The van der Waals surface area contributed by atoms with Crippen LogP contribution in [0.25, 0.3) is 10.9 Å². The van der Waals surface area contributed by atoms with Gasteiger partial charge in [-0.15, -0.1) is 0 Å². The van der Waals surface area contributed by atoms with Gasteiger partial charge in [-0.2, -0.15) is 5.10 Å². The third kappa shape index (κ3) is 4.24. The van der Waals surface area contributed by atoms with Gasteiger partial charge in [0.25, 0.3) is 5.91 Å². The van der Waals surface area contributed by atoms with Crippen molar-refractivity contribution in [3.05, 3.63) is 83.7 Å². The van der Waals surface area contributed by atoms with E-state index in [1.54, 1.807) is 23.2 Å². The summed E-state index contributed by atoms with van der Waals surface area (Å²) in [6, 6.07) is 13.3. The molecule has 0 saturated carbocycles. The highest BCUT2D eigenvalue weighted by Crippen LogP contribution is 2.28. The minimum Gasteiger partial charge on any atom is -0.459 e. The number of rotatable bonds is 6. The van der Waals surface area contributed by atoms with Crippen molar-refractivity contribution in [2.45, 2.75) is 32.4 Å². The molecule has 5 rings (SSSR count). The minimum atomic E-state index is -0.526. The summed E-state index contributed by atoms with van der Waals surface area (Å²) in [5, 5.41) is 8.60. The smallest absolute Gasteiger partial charge is 0.289 e. The number of nitrogens with zero attached hydrogens (tertiary/aromatic N) is 4. The zero-order valence-corrected chi connectivity index (χ0v) is 18.4. The normalized spacial score (nSPS) is 15.4. The monoisotopic (exact) mass is 443 g/mol. The van der Waals surface area contributed by atoms with Gasteiger partial charge >= 0.3 is 0 Å². The van der Waals surface area contributed by atoms with Gasteiger partial charge in [-0.25, -0.2) is 0 Å². The number of pyridine rings is 1. The zero-order valence-electron chi connectivity index (χ0n) is 18.4. The molecule has 2 amide bonds. The molecule has 33 heavy (non-hydrogen) atoms. The quantitative estimate of drug-likeness (QED) is 0.462. The second kappa shape index (κ2) is 8.90. The Bertz CT molecular complexity index is 1290. The molecule has 1 aliphatic rings. The average Bonchev–Trinajstić information content (AvgIpc) is 3.51. The van der Waals surface area contributed by atoms with E-state index in [-0.39, 0.29) is 24.1 Å². The van der Waals surface area contributed by atoms with Gasteiger partial charge in [-0.05, 0) is 48.7 Å². The van der Waals surface area contributed by atoms with Gasteiger partial charge in [-0.3, -0.25) is 19.3 Å². The number of nitrogens with one attached hydrogen (secondary N) is 1. The third-order valence-electron chi connectivity index (χ3n) is 6.00. The van der Waals surface area contributed by atoms with E-state index in [1.165, 1.54) is 11.8 Å². The summed E-state index contributed by atoms with van der Waals surface area (Å²) in [5.74, 6) is -0.619. The first-order valence-electron chi connectivity index (χ1n) is 11.1. The van der Waals surface area contributed by atoms with Crippen molar-refractivity contribution in [3.8, 4) is 0 Å². The molecule has 0 fully saturated rings. The lowest BCUT2D eigenvalue weighted by molar-refractivity contribution is -0.123. The number of carbonyl (C=O) groups is 2. The summed E-state index contributed by atoms with van der Waals surface area (Å²) in [7, 11) is 0. The first-order chi connectivity index (χ1) is 16.1. The molecule has 8 heteroatoms. The van der Waals surface area contributed by atoms with Gasteiger partial charge in [0, 0.05) is 37.8 Å². The number of carbonyl (C=O) groups excluding carboxylic acids is 2.